The van der Waals surface area contributed by atoms with Gasteiger partial charge in [-0.25, -0.2) is 0 Å². The Labute approximate surface area is 257 Å². The molecule has 9 fully saturated rings. The van der Waals surface area contributed by atoms with Crippen LogP contribution in [-0.2, 0) is 16.5 Å². The summed E-state index contributed by atoms with van der Waals surface area (Å²) in [5.74, 6) is 5.59. The summed E-state index contributed by atoms with van der Waals surface area (Å²) < 4.78 is 0. The maximum atomic E-state index is 5.60. The van der Waals surface area contributed by atoms with Crippen LogP contribution in [0.25, 0.3) is 10.6 Å². The van der Waals surface area contributed by atoms with E-state index in [1.54, 1.807) is 0 Å². The van der Waals surface area contributed by atoms with Crippen LogP contribution >= 0.6 is 0 Å². The molecule has 0 aromatic heterocycles. The molecule has 5 saturated heterocycles. The number of fused-ring (bicyclic) bond motifs is 20. The van der Waals surface area contributed by atoms with Crippen molar-refractivity contribution in [2.24, 2.45) is 47.3 Å². The van der Waals surface area contributed by atoms with Crippen molar-refractivity contribution in [2.45, 2.75) is 152 Å². The van der Waals surface area contributed by atoms with Gasteiger partial charge in [-0.1, -0.05) is 102 Å². The summed E-state index contributed by atoms with van der Waals surface area (Å²) in [6.45, 7) is 0. The van der Waals surface area contributed by atoms with E-state index in [1.165, 1.54) is 103 Å². The molecule has 0 aromatic rings. The van der Waals surface area contributed by atoms with Gasteiger partial charge in [-0.15, -0.1) is 0 Å². The van der Waals surface area contributed by atoms with E-state index in [0.717, 1.165) is 23.7 Å². The van der Waals surface area contributed by atoms with Gasteiger partial charge in [0, 0.05) is 0 Å². The third-order valence-corrected chi connectivity index (χ3v) is 13.6. The van der Waals surface area contributed by atoms with Crippen molar-refractivity contribution in [2.75, 3.05) is 0 Å². The topological polar surface area (TPSA) is 100 Å². The van der Waals surface area contributed by atoms with Gasteiger partial charge in [0.25, 0.3) is 0 Å². The first-order chi connectivity index (χ1) is 19.8. The summed E-state index contributed by atoms with van der Waals surface area (Å²) in [7, 11) is 0. The number of nitrogens with zero attached hydrogens (tertiary/aromatic N) is 2. The third kappa shape index (κ3) is 5.00. The standard InChI is InChI=1S/C32H54N8.Ni/c1-2-10-18-17(9-1)25-33-26(18)38-28-21-13-5-6-14-22(21)30(35-28)40-32-24-16-8-7-15-23(24)31(36-32)39-29-20-12-4-3-11-19(20)27(34-29)37-25;/h17-34,37-40H,1-16H2;/q-2;+2. The average molecular weight is 610 g/mol. The Bertz CT molecular complexity index is 716. The van der Waals surface area contributed by atoms with Crippen LogP contribution in [-0.4, -0.2) is 49.3 Å². The van der Waals surface area contributed by atoms with E-state index < -0.39 is 0 Å². The fourth-order valence-electron chi connectivity index (χ4n) is 11.7. The molecule has 16 atom stereocenters. The van der Waals surface area contributed by atoms with Crippen LogP contribution in [0.4, 0.5) is 0 Å². The normalized spacial score (nSPS) is 56.2. The number of rotatable bonds is 0. The predicted molar refractivity (Wildman–Crippen MR) is 158 cm³/mol. The van der Waals surface area contributed by atoms with E-state index in [2.05, 4.69) is 31.9 Å². The minimum absolute atomic E-state index is 0. The Kier molecular flexibility index (Phi) is 8.27. The number of nitrogens with one attached hydrogen (secondary N) is 6. The van der Waals surface area contributed by atoms with Crippen molar-refractivity contribution in [1.82, 2.24) is 31.9 Å². The second-order valence-electron chi connectivity index (χ2n) is 15.4. The predicted octanol–water partition coefficient (Wildman–Crippen LogP) is 4.17. The largest absolute Gasteiger partial charge is 2.00 e. The molecule has 8 nitrogen and oxygen atoms in total. The van der Waals surface area contributed by atoms with Crippen molar-refractivity contribution in [1.29, 1.82) is 0 Å². The average Bonchev–Trinajstić information content (AvgIpc) is 3.73. The van der Waals surface area contributed by atoms with Gasteiger partial charge in [-0.2, -0.15) is 0 Å². The molecule has 9 rings (SSSR count). The maximum absolute atomic E-state index is 5.60. The van der Waals surface area contributed by atoms with E-state index >= 15 is 0 Å². The molecule has 4 aliphatic carbocycles. The number of hydrogen-bond acceptors (Lipinski definition) is 6. The van der Waals surface area contributed by atoms with Crippen LogP contribution < -0.4 is 31.9 Å². The summed E-state index contributed by atoms with van der Waals surface area (Å²) in [6, 6.07) is 0. The van der Waals surface area contributed by atoms with Crippen LogP contribution in [0.1, 0.15) is 103 Å². The Morgan fingerprint density at radius 3 is 0.854 bits per heavy atom. The SMILES string of the molecule is C1CCC2C3[N-]C(NC4[N-]C(NC5NC(NC6NC(N3)C3CCCCC63)C3CCCCC53)C3CCCCC43)C2C1.[Ni+2]. The molecule has 5 heterocycles. The molecule has 0 aromatic carbocycles. The summed E-state index contributed by atoms with van der Waals surface area (Å²) in [5.41, 5.74) is 0. The van der Waals surface area contributed by atoms with E-state index in [-0.39, 0.29) is 41.2 Å². The molecular formula is C32H54N8Ni. The van der Waals surface area contributed by atoms with Gasteiger partial charge in [-0.05, 0) is 73.0 Å². The maximum Gasteiger partial charge on any atom is 2.00 e. The van der Waals surface area contributed by atoms with E-state index in [0.29, 0.717) is 48.3 Å². The molecule has 0 radical (unpaired) electrons. The van der Waals surface area contributed by atoms with Crippen LogP contribution in [0.5, 0.6) is 0 Å². The summed E-state index contributed by atoms with van der Waals surface area (Å²) >= 11 is 0. The van der Waals surface area contributed by atoms with Gasteiger partial charge in [-0.3, -0.25) is 16.0 Å². The van der Waals surface area contributed by atoms with Crippen LogP contribution in [0.3, 0.4) is 0 Å². The molecule has 0 spiro atoms. The van der Waals surface area contributed by atoms with Crippen molar-refractivity contribution in [3.63, 3.8) is 0 Å². The van der Waals surface area contributed by atoms with Crippen LogP contribution in [0.15, 0.2) is 0 Å². The van der Waals surface area contributed by atoms with Crippen molar-refractivity contribution in [3.05, 3.63) is 10.6 Å². The molecule has 9 heteroatoms. The summed E-state index contributed by atoms with van der Waals surface area (Å²) in [4.78, 5) is 0. The Balaban J connectivity index is 0.00000256. The van der Waals surface area contributed by atoms with Gasteiger partial charge in [0.1, 0.15) is 0 Å². The second-order valence-corrected chi connectivity index (χ2v) is 15.4. The smallest absolute Gasteiger partial charge is 0.632 e. The molecule has 41 heavy (non-hydrogen) atoms. The van der Waals surface area contributed by atoms with Crippen LogP contribution in [0, 0.1) is 47.3 Å². The van der Waals surface area contributed by atoms with E-state index in [4.69, 9.17) is 10.6 Å². The molecule has 232 valence electrons. The minimum atomic E-state index is 0. The molecule has 6 N–H and O–H groups in total. The molecular weight excluding hydrogens is 555 g/mol. The molecule has 9 aliphatic rings. The second kappa shape index (κ2) is 11.8. The summed E-state index contributed by atoms with van der Waals surface area (Å²) in [6.07, 6.45) is 24.5. The zero-order chi connectivity index (χ0) is 26.2. The zero-order valence-electron chi connectivity index (χ0n) is 24.8. The zero-order valence-corrected chi connectivity index (χ0v) is 25.7. The van der Waals surface area contributed by atoms with Gasteiger partial charge in [0.2, 0.25) is 0 Å². The van der Waals surface area contributed by atoms with Crippen LogP contribution in [0.2, 0.25) is 0 Å². The first kappa shape index (κ1) is 28.6. The van der Waals surface area contributed by atoms with E-state index in [9.17, 15) is 0 Å². The molecule has 8 bridgehead atoms. The van der Waals surface area contributed by atoms with Crippen molar-refractivity contribution in [3.8, 4) is 0 Å². The molecule has 5 aliphatic heterocycles. The molecule has 16 unspecified atom stereocenters. The third-order valence-electron chi connectivity index (χ3n) is 13.6. The van der Waals surface area contributed by atoms with Gasteiger partial charge in [0.15, 0.2) is 0 Å². The summed E-state index contributed by atoms with van der Waals surface area (Å²) in [5, 5.41) is 36.3. The monoisotopic (exact) mass is 608 g/mol. The van der Waals surface area contributed by atoms with Crippen molar-refractivity contribution >= 4 is 0 Å². The fourth-order valence-corrected chi connectivity index (χ4v) is 11.7. The number of hydrogen-bond donors (Lipinski definition) is 6. The van der Waals surface area contributed by atoms with Crippen molar-refractivity contribution < 1.29 is 16.5 Å². The van der Waals surface area contributed by atoms with Gasteiger partial charge >= 0.3 is 16.5 Å². The van der Waals surface area contributed by atoms with Gasteiger partial charge < -0.3 is 26.6 Å². The Hall–Kier alpha value is 0.174. The molecule has 0 amide bonds. The Morgan fingerprint density at radius 2 is 0.537 bits per heavy atom. The molecule has 4 saturated carbocycles. The first-order valence-electron chi connectivity index (χ1n) is 17.8. The minimum Gasteiger partial charge on any atom is -0.632 e. The quantitative estimate of drug-likeness (QED) is 0.231. The van der Waals surface area contributed by atoms with E-state index in [1.807, 2.05) is 0 Å². The van der Waals surface area contributed by atoms with Gasteiger partial charge in [0.05, 0.1) is 24.7 Å². The first-order valence-corrected chi connectivity index (χ1v) is 17.8. The fraction of sp³-hybridized carbons (Fsp3) is 1.00. The Morgan fingerprint density at radius 1 is 0.293 bits per heavy atom.